The van der Waals surface area contributed by atoms with E-state index >= 15 is 0 Å². The van der Waals surface area contributed by atoms with Crippen LogP contribution in [-0.2, 0) is 99.0 Å². The largest absolute Gasteiger partial charge is 0.497 e. The second-order valence-corrected chi connectivity index (χ2v) is 48.7. The zero-order valence-corrected chi connectivity index (χ0v) is 89.7. The Labute approximate surface area is 816 Å². The molecule has 0 radical (unpaired) electrons. The van der Waals surface area contributed by atoms with E-state index in [1.807, 2.05) is 41.5 Å². The van der Waals surface area contributed by atoms with Gasteiger partial charge in [-0.1, -0.05) is 176 Å². The zero-order valence-electron chi connectivity index (χ0n) is 83.9. The number of methoxy groups -OCH3 is 2. The first-order chi connectivity index (χ1) is 62.0. The van der Waals surface area contributed by atoms with Crippen molar-refractivity contribution in [3.05, 3.63) is 108 Å². The second-order valence-electron chi connectivity index (χ2n) is 39.8. The number of alkyl carbamates (subject to hydrolysis) is 2. The third-order valence-electron chi connectivity index (χ3n) is 22.5. The summed E-state index contributed by atoms with van der Waals surface area (Å²) in [6.07, 6.45) is 0.779. The molecule has 2 amide bonds. The van der Waals surface area contributed by atoms with E-state index in [0.717, 1.165) is 44.1 Å². The van der Waals surface area contributed by atoms with Gasteiger partial charge in [0.05, 0.1) is 124 Å². The van der Waals surface area contributed by atoms with Crippen molar-refractivity contribution in [1.82, 2.24) is 19.2 Å². The number of unbranched alkanes of at least 4 members (excludes halogenated alkanes) is 2. The Morgan fingerprint density at radius 1 is 0.478 bits per heavy atom. The Morgan fingerprint density at radius 2 is 0.821 bits per heavy atom. The number of sulfonamides is 2. The molecule has 8 rings (SSSR count). The quantitative estimate of drug-likeness (QED) is 0.00787. The molecule has 0 aromatic heterocycles. The number of halogens is 1. The first kappa shape index (κ1) is 122. The van der Waals surface area contributed by atoms with Gasteiger partial charge in [0.15, 0.2) is 18.9 Å². The highest BCUT2D eigenvalue weighted by Crippen LogP contribution is 2.40. The van der Waals surface area contributed by atoms with Crippen LogP contribution in [0, 0.1) is 69.5 Å². The van der Waals surface area contributed by atoms with E-state index in [1.165, 1.54) is 71.4 Å². The number of nitrogens with zero attached hydrogens (tertiary/aromatic N) is 2. The standard InChI is InChI=1S/C31H45N2O10PS.C29H41N2O12PS.C14H28O2.C12H24O2.C11H22O2.HI/c1-21(2)17-33(45(37,38)25-12-10-23(39-3)11-13-25)18-28(34)27(16-22-6-8-24(9-7-22)42-20-44(4,5)36)32-31(35)43-29-19-41-30-26(29)14-15-40-30;1-19(2)15-31(45(37,38)23-10-8-21(39-3)9-11-23)16-26(32)25(14-20-4-6-22(7-5-20)42-18-44(34,35)36)30-29(33)43-27-17-41-28-24(27)12-13-40-28;1-7-8-9-16-13(15)12(10-11(2)3)14(4,5)6;1-7-14-11(13)10(8-9(2)3)12(4,5)6;1-6-7-8-13-10(12)9(2)11(3,4)5;/h6-13,21,26-30,34H,14-20H2,1-5H3,(H,32,35);4-11,19,24-28,32H,12-18H2,1-3H3,(H,30,33)(H2,34,35,36);11-12H,7-10H2,1-6H3;9-10H,7-8H2,1-6H3;9H,6-8H2,1-5H3;1H/t26-,27-,28+,29-,30+;24-,25-,26+,27-,28+;12-;10-;9-;/m00000./s1. The maximum atomic E-state index is 13.7. The summed E-state index contributed by atoms with van der Waals surface area (Å²) in [4.78, 5) is 79.6. The predicted molar refractivity (Wildman–Crippen MR) is 527 cm³/mol. The highest BCUT2D eigenvalue weighted by molar-refractivity contribution is 14.0. The van der Waals surface area contributed by atoms with Gasteiger partial charge in [0.2, 0.25) is 20.0 Å². The second kappa shape index (κ2) is 58.1. The topological polar surface area (TPSA) is 419 Å². The fourth-order valence-electron chi connectivity index (χ4n) is 14.5. The molecule has 0 bridgehead atoms. The van der Waals surface area contributed by atoms with Crippen LogP contribution in [0.15, 0.2) is 107 Å². The lowest BCUT2D eigenvalue weighted by molar-refractivity contribution is -0.154. The molecule has 4 aliphatic heterocycles. The molecule has 0 spiro atoms. The van der Waals surface area contributed by atoms with Gasteiger partial charge < -0.3 is 96.8 Å². The smallest absolute Gasteiger partial charge is 0.407 e. The van der Waals surface area contributed by atoms with E-state index in [-0.39, 0.29) is 174 Å². The van der Waals surface area contributed by atoms with Crippen LogP contribution < -0.4 is 29.6 Å². The first-order valence-electron chi connectivity index (χ1n) is 46.5. The molecule has 4 fully saturated rings. The van der Waals surface area contributed by atoms with Crippen molar-refractivity contribution in [1.29, 1.82) is 0 Å². The molecular weight excluding hydrogens is 1920 g/mol. The molecule has 6 N–H and O–H groups in total. The predicted octanol–water partition coefficient (Wildman–Crippen LogP) is 17.0. The van der Waals surface area contributed by atoms with Crippen LogP contribution in [0.25, 0.3) is 0 Å². The summed E-state index contributed by atoms with van der Waals surface area (Å²) in [6.45, 7) is 48.8. The van der Waals surface area contributed by atoms with Gasteiger partial charge in [-0.15, -0.1) is 24.0 Å². The molecule has 37 heteroatoms. The van der Waals surface area contributed by atoms with Gasteiger partial charge in [-0.25, -0.2) is 26.4 Å². The Balaban J connectivity index is 0.000000481. The summed E-state index contributed by atoms with van der Waals surface area (Å²) in [5.74, 6) is 2.42. The van der Waals surface area contributed by atoms with Crippen LogP contribution in [0.2, 0.25) is 0 Å². The minimum Gasteiger partial charge on any atom is -0.497 e. The van der Waals surface area contributed by atoms with Crippen molar-refractivity contribution >= 4 is 88.9 Å². The SMILES string of the molecule is CCCCOC(=O)[C@H](C)C(C)(C)C.CCCCOC(=O)[C@H](CC(C)C)C(C)(C)C.CCOC(=O)[C@H](CC(C)C)C(C)(C)C.COc1ccc(S(=O)(=O)N(CC(C)C)C[C@@H](O)[C@H](Cc2ccc(OCP(=O)(O)O)cc2)NC(=O)O[C@H]2CO[C@H]3OCC[C@H]32)cc1.COc1ccc(S(=O)(=O)N(CC(C)C)C[C@@H](O)[C@H](Cc2ccc(OCP(C)(C)=O)cc2)NC(=O)O[C@H]2CO[C@H]3OCC[C@H]32)cc1.I. The van der Waals surface area contributed by atoms with Crippen LogP contribution in [0.1, 0.15) is 208 Å². The number of aliphatic hydroxyl groups is 2. The molecule has 4 heterocycles. The fraction of sp³-hybridized carbons (Fsp3) is 0.701. The molecule has 4 aliphatic rings. The van der Waals surface area contributed by atoms with Crippen molar-refractivity contribution in [3.63, 3.8) is 0 Å². The summed E-state index contributed by atoms with van der Waals surface area (Å²) in [5, 5.41) is 28.5. The number of nitrogens with one attached hydrogen (secondary N) is 2. The monoisotopic (exact) mass is 2080 g/mol. The van der Waals surface area contributed by atoms with Gasteiger partial charge in [-0.3, -0.25) is 18.9 Å². The van der Waals surface area contributed by atoms with Crippen LogP contribution >= 0.6 is 38.7 Å². The highest BCUT2D eigenvalue weighted by atomic mass is 127. The summed E-state index contributed by atoms with van der Waals surface area (Å²) in [5.41, 5.74) is 1.38. The number of benzene rings is 4. The van der Waals surface area contributed by atoms with Gasteiger partial charge in [-0.05, 0) is 195 Å². The van der Waals surface area contributed by atoms with Crippen molar-refractivity contribution < 1.29 is 132 Å². The number of rotatable bonds is 44. The number of ether oxygens (including phenoxy) is 13. The molecule has 13 atom stereocenters. The minimum atomic E-state index is -4.37. The number of aliphatic hydroxyl groups excluding tert-OH is 2. The van der Waals surface area contributed by atoms with E-state index in [2.05, 4.69) is 114 Å². The lowest BCUT2D eigenvalue weighted by Gasteiger charge is -2.31. The molecule has 4 aromatic carbocycles. The molecule has 134 heavy (non-hydrogen) atoms. The summed E-state index contributed by atoms with van der Waals surface area (Å²) in [6, 6.07) is 23.4. The maximum Gasteiger partial charge on any atom is 0.407 e. The minimum absolute atomic E-state index is 0. The van der Waals surface area contributed by atoms with Crippen LogP contribution in [-0.4, -0.2) is 237 Å². The van der Waals surface area contributed by atoms with E-state index in [0.29, 0.717) is 80.5 Å². The van der Waals surface area contributed by atoms with E-state index in [4.69, 9.17) is 71.4 Å². The third kappa shape index (κ3) is 44.0. The Kier molecular flexibility index (Phi) is 52.8. The van der Waals surface area contributed by atoms with E-state index < -0.39 is 102 Å². The Hall–Kier alpha value is -6.28. The van der Waals surface area contributed by atoms with E-state index in [1.54, 1.807) is 61.9 Å². The maximum absolute atomic E-state index is 13.7. The van der Waals surface area contributed by atoms with Crippen molar-refractivity contribution in [2.24, 2.45) is 69.5 Å². The first-order valence-corrected chi connectivity index (χ1v) is 54.0. The van der Waals surface area contributed by atoms with Gasteiger partial charge in [-0.2, -0.15) is 8.61 Å². The molecule has 32 nitrogen and oxygen atoms in total. The third-order valence-corrected chi connectivity index (χ3v) is 27.4. The molecule has 0 aliphatic carbocycles. The zero-order chi connectivity index (χ0) is 100. The Bertz CT molecular complexity index is 4230. The summed E-state index contributed by atoms with van der Waals surface area (Å²) < 4.78 is 151. The summed E-state index contributed by atoms with van der Waals surface area (Å²) >= 11 is 0. The lowest BCUT2D eigenvalue weighted by Crippen LogP contribution is -2.51. The molecule has 4 aromatic rings. The molecular formula is C97H161IN4O28P2S2. The summed E-state index contributed by atoms with van der Waals surface area (Å²) in [7, 11) is -11.8. The number of fused-ring (bicyclic) bond motifs is 2. The number of esters is 3. The highest BCUT2D eigenvalue weighted by Gasteiger charge is 2.47. The fourth-order valence-corrected chi connectivity index (χ4v) is 18.5. The van der Waals surface area contributed by atoms with Gasteiger partial charge in [0, 0.05) is 26.2 Å². The number of carbonyl (C=O) groups is 5. The number of hydrogen-bond donors (Lipinski definition) is 6. The number of carbonyl (C=O) groups excluding carboxylic acids is 5. The van der Waals surface area contributed by atoms with Gasteiger partial charge >= 0.3 is 37.7 Å². The van der Waals surface area contributed by atoms with Gasteiger partial charge in [0.25, 0.3) is 0 Å². The Morgan fingerprint density at radius 3 is 1.13 bits per heavy atom. The van der Waals surface area contributed by atoms with Gasteiger partial charge in [0.1, 0.15) is 48.7 Å². The normalized spacial score (nSPS) is 18.9. The molecule has 766 valence electrons. The van der Waals surface area contributed by atoms with Crippen LogP contribution in [0.3, 0.4) is 0 Å². The van der Waals surface area contributed by atoms with Crippen molar-refractivity contribution in [2.75, 3.05) is 113 Å². The average Bonchev–Trinajstić information content (AvgIpc) is 1.44. The molecule has 0 saturated carbocycles. The van der Waals surface area contributed by atoms with E-state index in [9.17, 15) is 60.2 Å². The number of hydrogen-bond acceptors (Lipinski definition) is 26. The number of amides is 2. The average molecular weight is 2080 g/mol. The molecule has 0 unspecified atom stereocenters. The lowest BCUT2D eigenvalue weighted by atomic mass is 9.76. The van der Waals surface area contributed by atoms with Crippen molar-refractivity contribution in [2.45, 2.75) is 268 Å². The van der Waals surface area contributed by atoms with Crippen LogP contribution in [0.4, 0.5) is 9.59 Å². The van der Waals surface area contributed by atoms with Crippen molar-refractivity contribution in [3.8, 4) is 23.0 Å². The molecule has 4 saturated heterocycles. The van der Waals surface area contributed by atoms with Crippen LogP contribution in [0.5, 0.6) is 23.0 Å².